The molecule has 2 aromatic rings. The Balaban J connectivity index is 1.74. The van der Waals surface area contributed by atoms with Crippen LogP contribution in [0.2, 0.25) is 10.0 Å². The zero-order valence-corrected chi connectivity index (χ0v) is 18.6. The average molecular weight is 470 g/mol. The van der Waals surface area contributed by atoms with E-state index in [0.717, 1.165) is 32.7 Å². The van der Waals surface area contributed by atoms with Gasteiger partial charge in [-0.15, -0.1) is 0 Å². The zero-order valence-electron chi connectivity index (χ0n) is 17.1. The lowest BCUT2D eigenvalue weighted by molar-refractivity contribution is 0.0702. The molecule has 0 unspecified atom stereocenters. The second-order valence-electron chi connectivity index (χ2n) is 7.16. The second kappa shape index (κ2) is 10.8. The van der Waals surface area contributed by atoms with E-state index in [2.05, 4.69) is 15.5 Å². The molecule has 3 rings (SSSR count). The van der Waals surface area contributed by atoms with E-state index in [1.165, 1.54) is 10.8 Å². The number of amides is 2. The molecule has 1 aliphatic heterocycles. The summed E-state index contributed by atoms with van der Waals surface area (Å²) in [7, 11) is 1.63. The van der Waals surface area contributed by atoms with Gasteiger partial charge in [-0.3, -0.25) is 19.7 Å². The first-order valence-corrected chi connectivity index (χ1v) is 10.6. The number of rotatable bonds is 8. The topological polar surface area (TPSA) is 108 Å². The van der Waals surface area contributed by atoms with Gasteiger partial charge >= 0.3 is 0 Å². The summed E-state index contributed by atoms with van der Waals surface area (Å²) in [6.07, 6.45) is 1.43. The highest BCUT2D eigenvalue weighted by atomic mass is 35.5. The number of hydrogen-bond acceptors (Lipinski definition) is 6. The van der Waals surface area contributed by atoms with E-state index >= 15 is 0 Å². The monoisotopic (exact) mass is 469 g/mol. The number of carbonyl (C=O) groups excluding carboxylic acids is 2. The quantitative estimate of drug-likeness (QED) is 0.346. The predicted molar refractivity (Wildman–Crippen MR) is 117 cm³/mol. The molecule has 1 aromatic carbocycles. The van der Waals surface area contributed by atoms with Crippen LogP contribution < -0.4 is 20.9 Å². The van der Waals surface area contributed by atoms with E-state index in [9.17, 15) is 9.59 Å². The van der Waals surface area contributed by atoms with Gasteiger partial charge in [0.15, 0.2) is 5.75 Å². The standard InChI is InChI=1S/C20H25Cl2N5O4/c1-26-11-14(19(28)25-30)18(31-12-13-2-3-15(21)16(22)10-13)17(26)20(29)24-6-9-27-7-4-23-5-8-27/h2-3,10-11,23,30H,4-9,12H2,1H3,(H,24,29)(H,25,28). The minimum absolute atomic E-state index is 0.0392. The normalized spacial score (nSPS) is 14.3. The maximum Gasteiger partial charge on any atom is 0.279 e. The lowest BCUT2D eigenvalue weighted by Gasteiger charge is -2.27. The van der Waals surface area contributed by atoms with Crippen LogP contribution in [0, 0.1) is 0 Å². The first-order chi connectivity index (χ1) is 14.9. The summed E-state index contributed by atoms with van der Waals surface area (Å²) in [6, 6.07) is 5.01. The van der Waals surface area contributed by atoms with Gasteiger partial charge in [0.1, 0.15) is 17.9 Å². The van der Waals surface area contributed by atoms with Crippen LogP contribution >= 0.6 is 23.2 Å². The van der Waals surface area contributed by atoms with Crippen molar-refractivity contribution in [3.8, 4) is 5.75 Å². The highest BCUT2D eigenvalue weighted by molar-refractivity contribution is 6.42. The molecular weight excluding hydrogens is 445 g/mol. The zero-order chi connectivity index (χ0) is 22.4. The summed E-state index contributed by atoms with van der Waals surface area (Å²) < 4.78 is 7.33. The van der Waals surface area contributed by atoms with Crippen molar-refractivity contribution >= 4 is 35.0 Å². The smallest absolute Gasteiger partial charge is 0.279 e. The van der Waals surface area contributed by atoms with Crippen LogP contribution in [0.25, 0.3) is 0 Å². The number of hydrogen-bond donors (Lipinski definition) is 4. The van der Waals surface area contributed by atoms with Gasteiger partial charge in [0.05, 0.1) is 10.0 Å². The average Bonchev–Trinajstić information content (AvgIpc) is 3.10. The van der Waals surface area contributed by atoms with Gasteiger partial charge < -0.3 is 19.9 Å². The van der Waals surface area contributed by atoms with E-state index in [4.69, 9.17) is 33.1 Å². The lowest BCUT2D eigenvalue weighted by atomic mass is 10.2. The molecule has 0 spiro atoms. The van der Waals surface area contributed by atoms with Crippen molar-refractivity contribution in [1.82, 2.24) is 25.6 Å². The number of aromatic nitrogens is 1. The number of ether oxygens (including phenoxy) is 1. The third-order valence-electron chi connectivity index (χ3n) is 4.99. The lowest BCUT2D eigenvalue weighted by Crippen LogP contribution is -2.46. The summed E-state index contributed by atoms with van der Waals surface area (Å²) in [4.78, 5) is 27.3. The fourth-order valence-electron chi connectivity index (χ4n) is 3.37. The number of hydroxylamine groups is 1. The second-order valence-corrected chi connectivity index (χ2v) is 7.97. The number of nitrogens with one attached hydrogen (secondary N) is 3. The van der Waals surface area contributed by atoms with E-state index in [1.807, 2.05) is 0 Å². The Hall–Kier alpha value is -2.30. The van der Waals surface area contributed by atoms with Gasteiger partial charge in [-0.25, -0.2) is 5.48 Å². The van der Waals surface area contributed by atoms with Crippen molar-refractivity contribution in [2.24, 2.45) is 7.05 Å². The Morgan fingerprint density at radius 2 is 1.94 bits per heavy atom. The van der Waals surface area contributed by atoms with Crippen molar-refractivity contribution < 1.29 is 19.5 Å². The summed E-state index contributed by atoms with van der Waals surface area (Å²) in [5.74, 6) is -1.09. The predicted octanol–water partition coefficient (Wildman–Crippen LogP) is 1.66. The van der Waals surface area contributed by atoms with Gasteiger partial charge in [-0.2, -0.15) is 0 Å². The molecule has 11 heteroatoms. The van der Waals surface area contributed by atoms with E-state index in [1.54, 1.807) is 30.7 Å². The summed E-state index contributed by atoms with van der Waals surface area (Å²) in [6.45, 7) is 4.95. The molecule has 31 heavy (non-hydrogen) atoms. The number of aryl methyl sites for hydroxylation is 1. The first kappa shape index (κ1) is 23.4. The number of piperazine rings is 1. The number of halogens is 2. The Morgan fingerprint density at radius 1 is 1.19 bits per heavy atom. The molecule has 0 atom stereocenters. The molecule has 9 nitrogen and oxygen atoms in total. The number of carbonyl (C=O) groups is 2. The van der Waals surface area contributed by atoms with Gasteiger partial charge in [0.2, 0.25) is 0 Å². The van der Waals surface area contributed by atoms with Crippen LogP contribution in [-0.4, -0.2) is 65.8 Å². The fourth-order valence-corrected chi connectivity index (χ4v) is 3.69. The molecule has 1 aliphatic rings. The minimum atomic E-state index is -0.778. The van der Waals surface area contributed by atoms with Crippen molar-refractivity contribution in [3.63, 3.8) is 0 Å². The molecule has 168 valence electrons. The van der Waals surface area contributed by atoms with Gasteiger partial charge in [0, 0.05) is 52.5 Å². The van der Waals surface area contributed by atoms with Crippen LogP contribution in [0.4, 0.5) is 0 Å². The van der Waals surface area contributed by atoms with Crippen LogP contribution in [0.15, 0.2) is 24.4 Å². The largest absolute Gasteiger partial charge is 0.486 e. The third-order valence-corrected chi connectivity index (χ3v) is 5.73. The summed E-state index contributed by atoms with van der Waals surface area (Å²) in [5.41, 5.74) is 2.51. The Kier molecular flexibility index (Phi) is 8.16. The highest BCUT2D eigenvalue weighted by Crippen LogP contribution is 2.28. The van der Waals surface area contributed by atoms with E-state index in [0.29, 0.717) is 22.2 Å². The molecule has 1 saturated heterocycles. The molecule has 0 saturated carbocycles. The van der Waals surface area contributed by atoms with Gasteiger partial charge in [0.25, 0.3) is 11.8 Å². The van der Waals surface area contributed by atoms with E-state index in [-0.39, 0.29) is 29.5 Å². The molecule has 1 fully saturated rings. The maximum atomic E-state index is 12.9. The third kappa shape index (κ3) is 5.90. The van der Waals surface area contributed by atoms with Gasteiger partial charge in [-0.1, -0.05) is 29.3 Å². The SMILES string of the molecule is Cn1cc(C(=O)NO)c(OCc2ccc(Cl)c(Cl)c2)c1C(=O)NCCN1CCNCC1. The maximum absolute atomic E-state index is 12.9. The molecule has 0 radical (unpaired) electrons. The van der Waals surface area contributed by atoms with Crippen molar-refractivity contribution in [3.05, 3.63) is 51.3 Å². The van der Waals surface area contributed by atoms with Crippen LogP contribution in [0.1, 0.15) is 26.4 Å². The molecule has 4 N–H and O–H groups in total. The van der Waals surface area contributed by atoms with Crippen LogP contribution in [0.3, 0.4) is 0 Å². The fraction of sp³-hybridized carbons (Fsp3) is 0.400. The molecular formula is C20H25Cl2N5O4. The Bertz CT molecular complexity index is 944. The highest BCUT2D eigenvalue weighted by Gasteiger charge is 2.26. The van der Waals surface area contributed by atoms with Gasteiger partial charge in [-0.05, 0) is 17.7 Å². The molecule has 1 aromatic heterocycles. The van der Waals surface area contributed by atoms with Crippen molar-refractivity contribution in [2.75, 3.05) is 39.3 Å². The van der Waals surface area contributed by atoms with Crippen molar-refractivity contribution in [1.29, 1.82) is 0 Å². The number of nitrogens with zero attached hydrogens (tertiary/aromatic N) is 2. The first-order valence-electron chi connectivity index (χ1n) is 9.82. The Morgan fingerprint density at radius 3 is 2.61 bits per heavy atom. The molecule has 0 aliphatic carbocycles. The molecule has 0 bridgehead atoms. The van der Waals surface area contributed by atoms with Crippen molar-refractivity contribution in [2.45, 2.75) is 6.61 Å². The molecule has 2 amide bonds. The number of benzene rings is 1. The van der Waals surface area contributed by atoms with E-state index < -0.39 is 5.91 Å². The van der Waals surface area contributed by atoms with Crippen LogP contribution in [0.5, 0.6) is 5.75 Å². The Labute approximate surface area is 190 Å². The summed E-state index contributed by atoms with van der Waals surface area (Å²) >= 11 is 12.0. The summed E-state index contributed by atoms with van der Waals surface area (Å²) in [5, 5.41) is 16.0. The van der Waals surface area contributed by atoms with Crippen LogP contribution in [-0.2, 0) is 13.7 Å². The molecule has 2 heterocycles. The minimum Gasteiger partial charge on any atom is -0.486 e.